The summed E-state index contributed by atoms with van der Waals surface area (Å²) in [6, 6.07) is 9.08. The van der Waals surface area contributed by atoms with Crippen LogP contribution in [-0.4, -0.2) is 37.9 Å². The van der Waals surface area contributed by atoms with Gasteiger partial charge in [-0.2, -0.15) is 13.2 Å². The van der Waals surface area contributed by atoms with Crippen LogP contribution in [-0.2, 0) is 0 Å². The first kappa shape index (κ1) is 13.9. The zero-order valence-corrected chi connectivity index (χ0v) is 10.4. The Hall–Kier alpha value is -1.54. The fraction of sp³-hybridized carbons (Fsp3) is 0.273. The van der Waals surface area contributed by atoms with Gasteiger partial charge in [-0.25, -0.2) is 9.67 Å². The van der Waals surface area contributed by atoms with Crippen LogP contribution in [0.1, 0.15) is 0 Å². The van der Waals surface area contributed by atoms with Gasteiger partial charge < -0.3 is 5.11 Å². The summed E-state index contributed by atoms with van der Waals surface area (Å²) in [5, 5.41) is 13.1. The van der Waals surface area contributed by atoms with E-state index in [9.17, 15) is 13.2 Å². The molecule has 19 heavy (non-hydrogen) atoms. The average Bonchev–Trinajstić information content (AvgIpc) is 2.84. The van der Waals surface area contributed by atoms with Gasteiger partial charge in [-0.3, -0.25) is 0 Å². The van der Waals surface area contributed by atoms with Crippen molar-refractivity contribution in [3.05, 3.63) is 36.7 Å². The summed E-state index contributed by atoms with van der Waals surface area (Å²) in [6.07, 6.45) is -5.58. The normalized spacial score (nSPS) is 13.5. The van der Waals surface area contributed by atoms with Gasteiger partial charge in [0.05, 0.1) is 5.69 Å². The molecule has 4 nitrogen and oxygen atoms in total. The van der Waals surface area contributed by atoms with E-state index in [-0.39, 0.29) is 5.16 Å². The Kier molecular flexibility index (Phi) is 4.11. The molecule has 0 spiro atoms. The number of aliphatic hydroxyl groups excluding tert-OH is 1. The molecule has 1 atom stereocenters. The summed E-state index contributed by atoms with van der Waals surface area (Å²) in [5.74, 6) is -0.525. The van der Waals surface area contributed by atoms with E-state index in [4.69, 9.17) is 5.11 Å². The van der Waals surface area contributed by atoms with Gasteiger partial charge in [0.1, 0.15) is 6.33 Å². The van der Waals surface area contributed by atoms with E-state index >= 15 is 0 Å². The third kappa shape index (κ3) is 3.71. The fourth-order valence-corrected chi connectivity index (χ4v) is 2.03. The molecule has 102 valence electrons. The molecule has 1 heterocycles. The van der Waals surface area contributed by atoms with E-state index in [1.54, 1.807) is 12.1 Å². The molecule has 0 fully saturated rings. The molecule has 8 heteroatoms. The second kappa shape index (κ2) is 5.62. The Bertz CT molecular complexity index is 529. The molecular formula is C11H10F3N3OS. The molecule has 0 bridgehead atoms. The number of hydrogen-bond donors (Lipinski definition) is 1. The van der Waals surface area contributed by atoms with Crippen LogP contribution in [0.15, 0.2) is 41.8 Å². The molecule has 0 aliphatic carbocycles. The highest BCUT2D eigenvalue weighted by molar-refractivity contribution is 7.99. The molecular weight excluding hydrogens is 279 g/mol. The number of aliphatic hydroxyl groups is 1. The molecule has 0 radical (unpaired) electrons. The number of halogens is 3. The molecule has 1 N–H and O–H groups in total. The lowest BCUT2D eigenvalue weighted by Crippen LogP contribution is -2.30. The van der Waals surface area contributed by atoms with Crippen LogP contribution in [0, 0.1) is 0 Å². The number of rotatable bonds is 4. The minimum absolute atomic E-state index is 0.187. The standard InChI is InChI=1S/C11H10F3N3OS/c12-11(13,14)9(18)6-19-10-15-7-17(16-10)8-4-2-1-3-5-8/h1-5,7,9,18H,6H2/t9-/m1/s1. The molecule has 1 aromatic carbocycles. The summed E-state index contributed by atoms with van der Waals surface area (Å²) in [4.78, 5) is 3.88. The summed E-state index contributed by atoms with van der Waals surface area (Å²) in [6.45, 7) is 0. The predicted octanol–water partition coefficient (Wildman–Crippen LogP) is 2.28. The van der Waals surface area contributed by atoms with Crippen LogP contribution >= 0.6 is 11.8 Å². The maximum Gasteiger partial charge on any atom is 0.415 e. The maximum atomic E-state index is 12.1. The number of hydrogen-bond acceptors (Lipinski definition) is 4. The van der Waals surface area contributed by atoms with Gasteiger partial charge in [0.25, 0.3) is 0 Å². The molecule has 0 saturated heterocycles. The Balaban J connectivity index is 1.99. The van der Waals surface area contributed by atoms with Crippen molar-refractivity contribution in [1.29, 1.82) is 0 Å². The zero-order valence-electron chi connectivity index (χ0n) is 9.58. The fourth-order valence-electron chi connectivity index (χ4n) is 1.27. The highest BCUT2D eigenvalue weighted by Gasteiger charge is 2.38. The Labute approximate surface area is 111 Å². The Morgan fingerprint density at radius 1 is 1.26 bits per heavy atom. The van der Waals surface area contributed by atoms with Gasteiger partial charge >= 0.3 is 6.18 Å². The van der Waals surface area contributed by atoms with Crippen molar-refractivity contribution in [1.82, 2.24) is 14.8 Å². The van der Waals surface area contributed by atoms with Gasteiger partial charge in [0.15, 0.2) is 6.10 Å². The number of thioether (sulfide) groups is 1. The molecule has 2 rings (SSSR count). The number of alkyl halides is 3. The van der Waals surface area contributed by atoms with Gasteiger partial charge in [-0.05, 0) is 12.1 Å². The first-order chi connectivity index (χ1) is 8.97. The van der Waals surface area contributed by atoms with E-state index in [0.717, 1.165) is 17.4 Å². The number of aromatic nitrogens is 3. The topological polar surface area (TPSA) is 50.9 Å². The van der Waals surface area contributed by atoms with Crippen LogP contribution in [0.25, 0.3) is 5.69 Å². The van der Waals surface area contributed by atoms with E-state index in [0.29, 0.717) is 0 Å². The third-order valence-corrected chi connectivity index (χ3v) is 3.17. The van der Waals surface area contributed by atoms with Crippen molar-refractivity contribution in [2.45, 2.75) is 17.4 Å². The number of para-hydroxylation sites is 1. The lowest BCUT2D eigenvalue weighted by Gasteiger charge is -2.12. The second-order valence-corrected chi connectivity index (χ2v) is 4.66. The van der Waals surface area contributed by atoms with Crippen molar-refractivity contribution in [2.24, 2.45) is 0 Å². The summed E-state index contributed by atoms with van der Waals surface area (Å²) < 4.78 is 37.8. The van der Waals surface area contributed by atoms with E-state index in [1.165, 1.54) is 11.0 Å². The molecule has 0 unspecified atom stereocenters. The SMILES string of the molecule is O[C@H](CSc1ncn(-c2ccccc2)n1)C(F)(F)F. The van der Waals surface area contributed by atoms with Crippen molar-refractivity contribution >= 4 is 11.8 Å². The van der Waals surface area contributed by atoms with Crippen LogP contribution in [0.5, 0.6) is 0 Å². The highest BCUT2D eigenvalue weighted by atomic mass is 32.2. The minimum Gasteiger partial charge on any atom is -0.383 e. The highest BCUT2D eigenvalue weighted by Crippen LogP contribution is 2.25. The maximum absolute atomic E-state index is 12.1. The second-order valence-electron chi connectivity index (χ2n) is 3.68. The third-order valence-electron chi connectivity index (χ3n) is 2.24. The summed E-state index contributed by atoms with van der Waals surface area (Å²) in [5.41, 5.74) is 0.762. The lowest BCUT2D eigenvalue weighted by atomic mass is 10.3. The summed E-state index contributed by atoms with van der Waals surface area (Å²) >= 11 is 0.758. The van der Waals surface area contributed by atoms with Gasteiger partial charge in [0.2, 0.25) is 5.16 Å². The van der Waals surface area contributed by atoms with Gasteiger partial charge in [-0.1, -0.05) is 30.0 Å². The van der Waals surface area contributed by atoms with Crippen LogP contribution in [0.2, 0.25) is 0 Å². The smallest absolute Gasteiger partial charge is 0.383 e. The molecule has 0 amide bonds. The van der Waals surface area contributed by atoms with Crippen molar-refractivity contribution < 1.29 is 18.3 Å². The predicted molar refractivity (Wildman–Crippen MR) is 64.1 cm³/mol. The van der Waals surface area contributed by atoms with E-state index in [2.05, 4.69) is 10.1 Å². The van der Waals surface area contributed by atoms with Crippen LogP contribution in [0.4, 0.5) is 13.2 Å². The summed E-state index contributed by atoms with van der Waals surface area (Å²) in [7, 11) is 0. The molecule has 1 aromatic heterocycles. The van der Waals surface area contributed by atoms with Crippen LogP contribution in [0.3, 0.4) is 0 Å². The minimum atomic E-state index is -4.62. The average molecular weight is 289 g/mol. The van der Waals surface area contributed by atoms with E-state index < -0.39 is 18.0 Å². The molecule has 2 aromatic rings. The molecule has 0 saturated carbocycles. The Morgan fingerprint density at radius 2 is 1.95 bits per heavy atom. The van der Waals surface area contributed by atoms with Crippen LogP contribution < -0.4 is 0 Å². The first-order valence-corrected chi connectivity index (χ1v) is 6.30. The zero-order chi connectivity index (χ0) is 13.9. The van der Waals surface area contributed by atoms with Gasteiger partial charge in [-0.15, -0.1) is 5.10 Å². The largest absolute Gasteiger partial charge is 0.415 e. The monoisotopic (exact) mass is 289 g/mol. The Morgan fingerprint density at radius 3 is 2.58 bits per heavy atom. The lowest BCUT2D eigenvalue weighted by molar-refractivity contribution is -0.195. The number of benzene rings is 1. The molecule has 0 aliphatic rings. The quantitative estimate of drug-likeness (QED) is 0.877. The van der Waals surface area contributed by atoms with Crippen molar-refractivity contribution in [3.63, 3.8) is 0 Å². The van der Waals surface area contributed by atoms with Crippen molar-refractivity contribution in [2.75, 3.05) is 5.75 Å². The number of nitrogens with zero attached hydrogens (tertiary/aromatic N) is 3. The molecule has 0 aliphatic heterocycles. The van der Waals surface area contributed by atoms with Gasteiger partial charge in [0, 0.05) is 5.75 Å². The van der Waals surface area contributed by atoms with E-state index in [1.807, 2.05) is 18.2 Å². The first-order valence-electron chi connectivity index (χ1n) is 5.31. The van der Waals surface area contributed by atoms with Crippen molar-refractivity contribution in [3.8, 4) is 5.69 Å².